The molecule has 0 saturated carbocycles. The summed E-state index contributed by atoms with van der Waals surface area (Å²) in [5.74, 6) is 0.973. The van der Waals surface area contributed by atoms with Gasteiger partial charge in [0.2, 0.25) is 0 Å². The Morgan fingerprint density at radius 2 is 1.81 bits per heavy atom. The van der Waals surface area contributed by atoms with E-state index in [2.05, 4.69) is 14.6 Å². The van der Waals surface area contributed by atoms with Gasteiger partial charge < -0.3 is 10.3 Å². The molecule has 2 aromatic heterocycles. The lowest BCUT2D eigenvalue weighted by Gasteiger charge is -2.11. The van der Waals surface area contributed by atoms with E-state index in [9.17, 15) is 0 Å². The molecule has 0 aliphatic rings. The summed E-state index contributed by atoms with van der Waals surface area (Å²) < 4.78 is 4.00. The number of para-hydroxylation sites is 1. The summed E-state index contributed by atoms with van der Waals surface area (Å²) in [4.78, 5) is 4.94. The number of nitrogens with two attached hydrogens (primary N) is 1. The van der Waals surface area contributed by atoms with Crippen molar-refractivity contribution >= 4 is 17.2 Å². The molecule has 4 aromatic rings. The van der Waals surface area contributed by atoms with Gasteiger partial charge in [0.15, 0.2) is 0 Å². The molecule has 6 heteroatoms. The van der Waals surface area contributed by atoms with Crippen molar-refractivity contribution in [3.05, 3.63) is 102 Å². The summed E-state index contributed by atoms with van der Waals surface area (Å²) in [6.45, 7) is 0.676. The van der Waals surface area contributed by atoms with Crippen molar-refractivity contribution in [1.29, 1.82) is 0 Å². The van der Waals surface area contributed by atoms with E-state index in [0.29, 0.717) is 18.0 Å². The number of nitrogens with zero attached hydrogens (tertiary/aromatic N) is 4. The lowest BCUT2D eigenvalue weighted by atomic mass is 10.1. The molecule has 0 aliphatic heterocycles. The highest BCUT2D eigenvalue weighted by molar-refractivity contribution is 7.80. The number of hydrogen-bond donors (Lipinski definition) is 1. The lowest BCUT2D eigenvalue weighted by molar-refractivity contribution is 0.739. The molecule has 0 atom stereocenters. The zero-order valence-electron chi connectivity index (χ0n) is 14.7. The number of benzene rings is 2. The van der Waals surface area contributed by atoms with E-state index in [4.69, 9.17) is 18.0 Å². The van der Waals surface area contributed by atoms with Gasteiger partial charge >= 0.3 is 0 Å². The minimum atomic E-state index is 0.413. The minimum Gasteiger partial charge on any atom is -0.389 e. The van der Waals surface area contributed by atoms with Crippen molar-refractivity contribution in [2.45, 2.75) is 13.0 Å². The number of thiocarbonyl (C=S) groups is 1. The molecule has 0 fully saturated rings. The average Bonchev–Trinajstić information content (AvgIpc) is 3.33. The summed E-state index contributed by atoms with van der Waals surface area (Å²) in [6, 6.07) is 18.0. The first-order valence-electron chi connectivity index (χ1n) is 8.67. The van der Waals surface area contributed by atoms with Crippen LogP contribution in [0.3, 0.4) is 0 Å². The van der Waals surface area contributed by atoms with E-state index in [1.807, 2.05) is 84.1 Å². The van der Waals surface area contributed by atoms with Gasteiger partial charge in [-0.25, -0.2) is 9.67 Å². The van der Waals surface area contributed by atoms with Gasteiger partial charge in [-0.05, 0) is 23.3 Å². The second-order valence-corrected chi connectivity index (χ2v) is 6.74. The molecule has 0 radical (unpaired) electrons. The molecule has 4 rings (SSSR count). The Kier molecular flexibility index (Phi) is 4.80. The molecule has 0 aliphatic carbocycles. The van der Waals surface area contributed by atoms with E-state index < -0.39 is 0 Å². The number of hydrogen-bond acceptors (Lipinski definition) is 3. The van der Waals surface area contributed by atoms with E-state index in [0.717, 1.165) is 28.2 Å². The fourth-order valence-electron chi connectivity index (χ4n) is 3.09. The van der Waals surface area contributed by atoms with Gasteiger partial charge in [-0.15, -0.1) is 0 Å². The fraction of sp³-hybridized carbons (Fsp3) is 0.0952. The van der Waals surface area contributed by atoms with Crippen LogP contribution < -0.4 is 5.73 Å². The third-order valence-electron chi connectivity index (χ3n) is 4.44. The molecule has 27 heavy (non-hydrogen) atoms. The molecule has 0 amide bonds. The largest absolute Gasteiger partial charge is 0.389 e. The van der Waals surface area contributed by atoms with Crippen molar-refractivity contribution in [1.82, 2.24) is 19.3 Å². The van der Waals surface area contributed by atoms with Crippen LogP contribution in [0.15, 0.2) is 79.4 Å². The average molecular weight is 373 g/mol. The zero-order chi connectivity index (χ0) is 18.6. The van der Waals surface area contributed by atoms with Crippen molar-refractivity contribution in [2.75, 3.05) is 0 Å². The molecule has 0 bridgehead atoms. The monoisotopic (exact) mass is 373 g/mol. The number of imidazole rings is 1. The molecule has 134 valence electrons. The Labute approximate surface area is 163 Å². The smallest absolute Gasteiger partial charge is 0.113 e. The summed E-state index contributed by atoms with van der Waals surface area (Å²) >= 11 is 5.17. The highest BCUT2D eigenvalue weighted by Crippen LogP contribution is 2.15. The molecule has 0 unspecified atom stereocenters. The Balaban J connectivity index is 1.55. The SMILES string of the molecule is NC(=S)c1ccccc1Cn1ccnc1Cc1cnn(-c2ccccc2)c1. The summed E-state index contributed by atoms with van der Waals surface area (Å²) in [7, 11) is 0. The second kappa shape index (κ2) is 7.55. The van der Waals surface area contributed by atoms with Gasteiger partial charge in [-0.3, -0.25) is 0 Å². The normalized spacial score (nSPS) is 10.8. The van der Waals surface area contributed by atoms with Crippen LogP contribution in [0.25, 0.3) is 5.69 Å². The minimum absolute atomic E-state index is 0.413. The van der Waals surface area contributed by atoms with Crippen LogP contribution in [0.2, 0.25) is 0 Å². The van der Waals surface area contributed by atoms with Gasteiger partial charge in [0, 0.05) is 37.1 Å². The van der Waals surface area contributed by atoms with Crippen molar-refractivity contribution in [2.24, 2.45) is 5.73 Å². The second-order valence-electron chi connectivity index (χ2n) is 6.30. The van der Waals surface area contributed by atoms with Crippen LogP contribution in [0.5, 0.6) is 0 Å². The van der Waals surface area contributed by atoms with E-state index in [1.54, 1.807) is 0 Å². The summed E-state index contributed by atoms with van der Waals surface area (Å²) in [6.07, 6.45) is 8.43. The quantitative estimate of drug-likeness (QED) is 0.527. The maximum Gasteiger partial charge on any atom is 0.113 e. The first-order valence-corrected chi connectivity index (χ1v) is 9.08. The zero-order valence-corrected chi connectivity index (χ0v) is 15.5. The van der Waals surface area contributed by atoms with Crippen LogP contribution >= 0.6 is 12.2 Å². The van der Waals surface area contributed by atoms with Crippen LogP contribution in [0.4, 0.5) is 0 Å². The number of rotatable bonds is 6. The third kappa shape index (κ3) is 3.80. The summed E-state index contributed by atoms with van der Waals surface area (Å²) in [5, 5.41) is 4.46. The van der Waals surface area contributed by atoms with Crippen LogP contribution in [0, 0.1) is 0 Å². The van der Waals surface area contributed by atoms with Gasteiger partial charge in [-0.2, -0.15) is 5.10 Å². The highest BCUT2D eigenvalue weighted by atomic mass is 32.1. The third-order valence-corrected chi connectivity index (χ3v) is 4.66. The maximum absolute atomic E-state index is 5.86. The first kappa shape index (κ1) is 17.2. The Morgan fingerprint density at radius 1 is 1.04 bits per heavy atom. The molecule has 2 heterocycles. The van der Waals surface area contributed by atoms with Gasteiger partial charge in [0.25, 0.3) is 0 Å². The molecular formula is C21H19N5S. The Bertz CT molecular complexity index is 1060. The van der Waals surface area contributed by atoms with Crippen LogP contribution in [-0.2, 0) is 13.0 Å². The van der Waals surface area contributed by atoms with Gasteiger partial charge in [-0.1, -0.05) is 54.7 Å². The van der Waals surface area contributed by atoms with Gasteiger partial charge in [0.1, 0.15) is 10.8 Å². The first-order chi connectivity index (χ1) is 13.2. The Morgan fingerprint density at radius 3 is 2.63 bits per heavy atom. The van der Waals surface area contributed by atoms with Crippen molar-refractivity contribution in [3.8, 4) is 5.69 Å². The number of aromatic nitrogens is 4. The van der Waals surface area contributed by atoms with Crippen molar-refractivity contribution < 1.29 is 0 Å². The van der Waals surface area contributed by atoms with E-state index in [1.165, 1.54) is 0 Å². The fourth-order valence-corrected chi connectivity index (χ4v) is 3.29. The van der Waals surface area contributed by atoms with Crippen LogP contribution in [-0.4, -0.2) is 24.3 Å². The Hall–Kier alpha value is -3.25. The molecule has 0 spiro atoms. The topological polar surface area (TPSA) is 61.7 Å². The van der Waals surface area contributed by atoms with E-state index in [-0.39, 0.29) is 0 Å². The predicted molar refractivity (Wildman–Crippen MR) is 110 cm³/mol. The molecule has 0 saturated heterocycles. The maximum atomic E-state index is 5.86. The van der Waals surface area contributed by atoms with Gasteiger partial charge in [0.05, 0.1) is 11.9 Å². The van der Waals surface area contributed by atoms with E-state index >= 15 is 0 Å². The molecule has 2 N–H and O–H groups in total. The summed E-state index contributed by atoms with van der Waals surface area (Å²) in [5.41, 5.74) is 10.00. The molecule has 2 aromatic carbocycles. The molecule has 5 nitrogen and oxygen atoms in total. The lowest BCUT2D eigenvalue weighted by Crippen LogP contribution is -2.14. The van der Waals surface area contributed by atoms with Crippen LogP contribution in [0.1, 0.15) is 22.5 Å². The van der Waals surface area contributed by atoms with Crippen molar-refractivity contribution in [3.63, 3.8) is 0 Å². The predicted octanol–water partition coefficient (Wildman–Crippen LogP) is 3.34. The molecular weight excluding hydrogens is 354 g/mol. The standard InChI is InChI=1S/C21H19N5S/c22-21(27)19-9-5-4-6-17(19)15-25-11-10-23-20(25)12-16-13-24-26(14-16)18-7-2-1-3-8-18/h1-11,13-14H,12,15H2,(H2,22,27). The highest BCUT2D eigenvalue weighted by Gasteiger charge is 2.10.